The molecule has 1 saturated carbocycles. The summed E-state index contributed by atoms with van der Waals surface area (Å²) in [5.74, 6) is -0.200. The number of carbonyl (C=O) groups excluding carboxylic acids is 1. The van der Waals surface area contributed by atoms with Crippen LogP contribution in [0.4, 0.5) is 0 Å². The molecule has 2 unspecified atom stereocenters. The summed E-state index contributed by atoms with van der Waals surface area (Å²) in [5.41, 5.74) is 5.07. The average molecular weight is 227 g/mol. The molecule has 1 aliphatic carbocycles. The molecule has 0 aromatic heterocycles. The molecule has 1 fully saturated rings. The van der Waals surface area contributed by atoms with E-state index in [0.29, 0.717) is 12.1 Å². The third-order valence-corrected chi connectivity index (χ3v) is 3.87. The van der Waals surface area contributed by atoms with Crippen LogP contribution in [0.1, 0.15) is 40.0 Å². The van der Waals surface area contributed by atoms with Crippen molar-refractivity contribution in [2.24, 2.45) is 5.73 Å². The Labute approximate surface area is 98.6 Å². The fraction of sp³-hybridized carbons (Fsp3) is 0.917. The van der Waals surface area contributed by atoms with Crippen molar-refractivity contribution in [3.05, 3.63) is 0 Å². The first kappa shape index (κ1) is 13.5. The number of rotatable bonds is 5. The lowest BCUT2D eigenvalue weighted by Gasteiger charge is -2.31. The molecule has 0 spiro atoms. The van der Waals surface area contributed by atoms with Crippen molar-refractivity contribution in [3.8, 4) is 0 Å². The molecule has 1 rings (SSSR count). The van der Waals surface area contributed by atoms with Gasteiger partial charge in [-0.2, -0.15) is 0 Å². The monoisotopic (exact) mass is 227 g/mol. The molecule has 3 N–H and O–H groups in total. The molecule has 1 amide bonds. The predicted molar refractivity (Wildman–Crippen MR) is 66.1 cm³/mol. The minimum absolute atomic E-state index is 0.200. The van der Waals surface area contributed by atoms with Crippen LogP contribution in [0.25, 0.3) is 0 Å². The molecular formula is C12H25N3O. The Morgan fingerprint density at radius 1 is 1.62 bits per heavy atom. The normalized spacial score (nSPS) is 30.2. The van der Waals surface area contributed by atoms with Crippen LogP contribution in [-0.2, 0) is 4.79 Å². The Hall–Kier alpha value is -0.610. The number of nitrogens with one attached hydrogen (secondary N) is 1. The number of likely N-dealkylation sites (N-methyl/N-ethyl adjacent to an activating group) is 1. The zero-order chi connectivity index (χ0) is 12.3. The van der Waals surface area contributed by atoms with Crippen LogP contribution in [0, 0.1) is 0 Å². The highest BCUT2D eigenvalue weighted by molar-refractivity contribution is 5.85. The molecule has 1 aliphatic rings. The molecule has 0 heterocycles. The summed E-state index contributed by atoms with van der Waals surface area (Å²) < 4.78 is 0. The van der Waals surface area contributed by atoms with E-state index in [-0.39, 0.29) is 5.91 Å². The van der Waals surface area contributed by atoms with Crippen molar-refractivity contribution >= 4 is 5.91 Å². The lowest BCUT2D eigenvalue weighted by atomic mass is 9.96. The van der Waals surface area contributed by atoms with E-state index < -0.39 is 5.54 Å². The first-order chi connectivity index (χ1) is 7.43. The van der Waals surface area contributed by atoms with Gasteiger partial charge < -0.3 is 16.0 Å². The SMILES string of the molecule is CCNC1(C(N)=O)CCC(N(C)C(C)C)C1. The second-order valence-corrected chi connectivity index (χ2v) is 5.13. The molecule has 94 valence electrons. The molecule has 2 atom stereocenters. The van der Waals surface area contributed by atoms with Crippen molar-refractivity contribution in [1.82, 2.24) is 10.2 Å². The topological polar surface area (TPSA) is 58.4 Å². The lowest BCUT2D eigenvalue weighted by Crippen LogP contribution is -2.54. The molecule has 4 nitrogen and oxygen atoms in total. The van der Waals surface area contributed by atoms with Crippen LogP contribution in [0.3, 0.4) is 0 Å². The van der Waals surface area contributed by atoms with E-state index in [0.717, 1.165) is 25.8 Å². The molecule has 0 radical (unpaired) electrons. The number of hydrogen-bond acceptors (Lipinski definition) is 3. The zero-order valence-corrected chi connectivity index (χ0v) is 10.9. The minimum Gasteiger partial charge on any atom is -0.368 e. The maximum atomic E-state index is 11.6. The van der Waals surface area contributed by atoms with E-state index in [1.807, 2.05) is 6.92 Å². The van der Waals surface area contributed by atoms with Gasteiger partial charge in [0.15, 0.2) is 0 Å². The number of carbonyl (C=O) groups is 1. The Balaban J connectivity index is 2.70. The van der Waals surface area contributed by atoms with Crippen LogP contribution in [0.5, 0.6) is 0 Å². The quantitative estimate of drug-likeness (QED) is 0.727. The smallest absolute Gasteiger partial charge is 0.237 e. The first-order valence-electron chi connectivity index (χ1n) is 6.20. The van der Waals surface area contributed by atoms with E-state index in [1.165, 1.54) is 0 Å². The van der Waals surface area contributed by atoms with Crippen molar-refractivity contribution in [2.75, 3.05) is 13.6 Å². The molecule has 0 saturated heterocycles. The fourth-order valence-electron chi connectivity index (χ4n) is 2.60. The highest BCUT2D eigenvalue weighted by Gasteiger charge is 2.44. The number of nitrogens with zero attached hydrogens (tertiary/aromatic N) is 1. The molecular weight excluding hydrogens is 202 g/mol. The third-order valence-electron chi connectivity index (χ3n) is 3.87. The average Bonchev–Trinajstić information content (AvgIpc) is 2.62. The molecule has 0 aliphatic heterocycles. The van der Waals surface area contributed by atoms with Crippen LogP contribution in [0.2, 0.25) is 0 Å². The lowest BCUT2D eigenvalue weighted by molar-refractivity contribution is -0.124. The number of nitrogens with two attached hydrogens (primary N) is 1. The van der Waals surface area contributed by atoms with E-state index in [2.05, 4.69) is 31.1 Å². The number of primary amides is 1. The summed E-state index contributed by atoms with van der Waals surface area (Å²) in [6, 6.07) is 0.974. The highest BCUT2D eigenvalue weighted by Crippen LogP contribution is 2.33. The summed E-state index contributed by atoms with van der Waals surface area (Å²) in [6.45, 7) is 7.17. The zero-order valence-electron chi connectivity index (χ0n) is 10.9. The van der Waals surface area contributed by atoms with Gasteiger partial charge in [-0.3, -0.25) is 4.79 Å². The molecule has 0 aromatic rings. The van der Waals surface area contributed by atoms with Gasteiger partial charge in [-0.25, -0.2) is 0 Å². The van der Waals surface area contributed by atoms with Gasteiger partial charge in [0.1, 0.15) is 0 Å². The maximum Gasteiger partial charge on any atom is 0.237 e. The minimum atomic E-state index is -0.470. The first-order valence-corrected chi connectivity index (χ1v) is 6.20. The Bertz CT molecular complexity index is 255. The van der Waals surface area contributed by atoms with Gasteiger partial charge in [0.2, 0.25) is 5.91 Å². The van der Waals surface area contributed by atoms with E-state index >= 15 is 0 Å². The van der Waals surface area contributed by atoms with Crippen LogP contribution in [0.15, 0.2) is 0 Å². The summed E-state index contributed by atoms with van der Waals surface area (Å²) in [4.78, 5) is 13.9. The van der Waals surface area contributed by atoms with Crippen molar-refractivity contribution in [2.45, 2.75) is 57.7 Å². The summed E-state index contributed by atoms with van der Waals surface area (Å²) >= 11 is 0. The van der Waals surface area contributed by atoms with Gasteiger partial charge in [0.05, 0.1) is 5.54 Å². The Morgan fingerprint density at radius 3 is 2.69 bits per heavy atom. The molecule has 16 heavy (non-hydrogen) atoms. The van der Waals surface area contributed by atoms with E-state index in [4.69, 9.17) is 5.73 Å². The van der Waals surface area contributed by atoms with E-state index in [1.54, 1.807) is 0 Å². The number of amides is 1. The van der Waals surface area contributed by atoms with Crippen molar-refractivity contribution < 1.29 is 4.79 Å². The summed E-state index contributed by atoms with van der Waals surface area (Å²) in [5, 5.41) is 3.28. The molecule has 0 aromatic carbocycles. The standard InChI is InChI=1S/C12H25N3O/c1-5-14-12(11(13)16)7-6-10(8-12)15(4)9(2)3/h9-10,14H,5-8H2,1-4H3,(H2,13,16). The van der Waals surface area contributed by atoms with Gasteiger partial charge in [-0.15, -0.1) is 0 Å². The maximum absolute atomic E-state index is 11.6. The third kappa shape index (κ3) is 2.55. The second kappa shape index (κ2) is 5.15. The van der Waals surface area contributed by atoms with E-state index in [9.17, 15) is 4.79 Å². The van der Waals surface area contributed by atoms with Crippen LogP contribution < -0.4 is 11.1 Å². The predicted octanol–water partition coefficient (Wildman–Crippen LogP) is 0.713. The van der Waals surface area contributed by atoms with Crippen LogP contribution >= 0.6 is 0 Å². The van der Waals surface area contributed by atoms with Crippen molar-refractivity contribution in [1.29, 1.82) is 0 Å². The Morgan fingerprint density at radius 2 is 2.25 bits per heavy atom. The van der Waals surface area contributed by atoms with Gasteiger partial charge in [0, 0.05) is 12.1 Å². The van der Waals surface area contributed by atoms with Gasteiger partial charge in [-0.05, 0) is 46.7 Å². The van der Waals surface area contributed by atoms with Gasteiger partial charge >= 0.3 is 0 Å². The molecule has 0 bridgehead atoms. The molecule has 4 heteroatoms. The van der Waals surface area contributed by atoms with Crippen molar-refractivity contribution in [3.63, 3.8) is 0 Å². The van der Waals surface area contributed by atoms with Crippen LogP contribution in [-0.4, -0.2) is 42.0 Å². The Kier molecular flexibility index (Phi) is 4.33. The second-order valence-electron chi connectivity index (χ2n) is 5.13. The van der Waals surface area contributed by atoms with Gasteiger partial charge in [0.25, 0.3) is 0 Å². The highest BCUT2D eigenvalue weighted by atomic mass is 16.1. The number of hydrogen-bond donors (Lipinski definition) is 2. The largest absolute Gasteiger partial charge is 0.368 e. The summed E-state index contributed by atoms with van der Waals surface area (Å²) in [7, 11) is 2.12. The van der Waals surface area contributed by atoms with Gasteiger partial charge in [-0.1, -0.05) is 6.92 Å². The fourth-order valence-corrected chi connectivity index (χ4v) is 2.60. The summed E-state index contributed by atoms with van der Waals surface area (Å²) in [6.07, 6.45) is 2.74.